The number of carbonyl (C=O) groups excluding carboxylic acids is 2. The minimum atomic E-state index is -0.382. The Kier molecular flexibility index (Phi) is 6.04. The van der Waals surface area contributed by atoms with E-state index in [1.807, 2.05) is 18.2 Å². The number of fused-ring (bicyclic) bond motifs is 2. The van der Waals surface area contributed by atoms with E-state index < -0.39 is 0 Å². The van der Waals surface area contributed by atoms with Crippen LogP contribution in [0.5, 0.6) is 5.75 Å². The van der Waals surface area contributed by atoms with E-state index in [1.165, 1.54) is 22.7 Å². The molecule has 1 unspecified atom stereocenters. The SMILES string of the molecule is CCOC(=O)c1c(NC(=O)c2sc3ccc(OC)cc3c2Cl)sc2c1CCC(C)C2. The quantitative estimate of drug-likeness (QED) is 0.459. The maximum atomic E-state index is 13.1. The standard InChI is InChI=1S/C22H22ClNO4S2/c1-4-28-22(26)17-13-7-5-11(2)9-16(13)30-21(17)24-20(25)19-18(23)14-10-12(27-3)6-8-15(14)29-19/h6,8,10-11H,4-5,7,9H2,1-3H3,(H,24,25). The van der Waals surface area contributed by atoms with Gasteiger partial charge in [0.15, 0.2) is 0 Å². The summed E-state index contributed by atoms with van der Waals surface area (Å²) in [5, 5.41) is 4.65. The van der Waals surface area contributed by atoms with Gasteiger partial charge < -0.3 is 14.8 Å². The summed E-state index contributed by atoms with van der Waals surface area (Å²) in [5.41, 5.74) is 1.51. The molecule has 8 heteroatoms. The van der Waals surface area contributed by atoms with Crippen molar-refractivity contribution in [1.29, 1.82) is 0 Å². The zero-order chi connectivity index (χ0) is 21.4. The van der Waals surface area contributed by atoms with Gasteiger partial charge in [-0.2, -0.15) is 0 Å². The number of benzene rings is 1. The molecular weight excluding hydrogens is 442 g/mol. The fraction of sp³-hybridized carbons (Fsp3) is 0.364. The third-order valence-electron chi connectivity index (χ3n) is 5.26. The molecule has 0 saturated heterocycles. The first-order valence-electron chi connectivity index (χ1n) is 9.81. The van der Waals surface area contributed by atoms with E-state index in [0.717, 1.165) is 39.8 Å². The largest absolute Gasteiger partial charge is 0.497 e. The van der Waals surface area contributed by atoms with Crippen LogP contribution in [-0.4, -0.2) is 25.6 Å². The summed E-state index contributed by atoms with van der Waals surface area (Å²) in [7, 11) is 1.59. The third kappa shape index (κ3) is 3.82. The molecule has 158 valence electrons. The number of ether oxygens (including phenoxy) is 2. The number of nitrogens with one attached hydrogen (secondary N) is 1. The molecule has 0 saturated carbocycles. The lowest BCUT2D eigenvalue weighted by molar-refractivity contribution is 0.0526. The first-order chi connectivity index (χ1) is 14.4. The van der Waals surface area contributed by atoms with Gasteiger partial charge in [0.2, 0.25) is 0 Å². The summed E-state index contributed by atoms with van der Waals surface area (Å²) >= 11 is 9.31. The number of hydrogen-bond acceptors (Lipinski definition) is 6. The minimum absolute atomic E-state index is 0.289. The number of hydrogen-bond donors (Lipinski definition) is 1. The molecule has 0 spiro atoms. The second kappa shape index (κ2) is 8.57. The number of amides is 1. The van der Waals surface area contributed by atoms with E-state index in [-0.39, 0.29) is 18.5 Å². The van der Waals surface area contributed by atoms with Crippen LogP contribution in [0, 0.1) is 5.92 Å². The van der Waals surface area contributed by atoms with Crippen molar-refractivity contribution in [2.45, 2.75) is 33.1 Å². The van der Waals surface area contributed by atoms with Gasteiger partial charge in [-0.15, -0.1) is 22.7 Å². The third-order valence-corrected chi connectivity index (χ3v) is 8.10. The maximum Gasteiger partial charge on any atom is 0.341 e. The highest BCUT2D eigenvalue weighted by Crippen LogP contribution is 2.42. The van der Waals surface area contributed by atoms with E-state index in [9.17, 15) is 9.59 Å². The Balaban J connectivity index is 1.70. The highest BCUT2D eigenvalue weighted by molar-refractivity contribution is 7.22. The Hall–Kier alpha value is -2.09. The maximum absolute atomic E-state index is 13.1. The van der Waals surface area contributed by atoms with Crippen LogP contribution >= 0.6 is 34.3 Å². The van der Waals surface area contributed by atoms with Gasteiger partial charge >= 0.3 is 5.97 Å². The monoisotopic (exact) mass is 463 g/mol. The molecule has 1 amide bonds. The van der Waals surface area contributed by atoms with Gasteiger partial charge in [0.05, 0.1) is 24.3 Å². The molecule has 0 fully saturated rings. The number of methoxy groups -OCH3 is 1. The summed E-state index contributed by atoms with van der Waals surface area (Å²) in [6.45, 7) is 4.27. The summed E-state index contributed by atoms with van der Waals surface area (Å²) in [4.78, 5) is 27.3. The molecule has 0 aliphatic heterocycles. The molecule has 1 N–H and O–H groups in total. The van der Waals surface area contributed by atoms with E-state index >= 15 is 0 Å². The molecule has 1 aliphatic rings. The van der Waals surface area contributed by atoms with Crippen molar-refractivity contribution in [3.8, 4) is 5.75 Å². The number of thiophene rings is 2. The summed E-state index contributed by atoms with van der Waals surface area (Å²) in [6, 6.07) is 5.54. The fourth-order valence-electron chi connectivity index (χ4n) is 3.74. The molecule has 4 rings (SSSR count). The molecule has 1 aromatic carbocycles. The predicted octanol–water partition coefficient (Wildman–Crippen LogP) is 6.18. The van der Waals surface area contributed by atoms with Gasteiger partial charge in [-0.1, -0.05) is 18.5 Å². The van der Waals surface area contributed by atoms with Crippen molar-refractivity contribution < 1.29 is 19.1 Å². The Labute approximate surface area is 187 Å². The minimum Gasteiger partial charge on any atom is -0.497 e. The topological polar surface area (TPSA) is 64.6 Å². The van der Waals surface area contributed by atoms with Gasteiger partial charge in [0.25, 0.3) is 5.91 Å². The smallest absolute Gasteiger partial charge is 0.341 e. The first-order valence-corrected chi connectivity index (χ1v) is 11.8. The zero-order valence-electron chi connectivity index (χ0n) is 17.0. The zero-order valence-corrected chi connectivity index (χ0v) is 19.4. The molecule has 2 aromatic heterocycles. The van der Waals surface area contributed by atoms with Crippen molar-refractivity contribution in [3.05, 3.63) is 44.1 Å². The van der Waals surface area contributed by atoms with Crippen LogP contribution in [0.25, 0.3) is 10.1 Å². The van der Waals surface area contributed by atoms with Crippen molar-refractivity contribution >= 4 is 61.2 Å². The molecule has 0 radical (unpaired) electrons. The molecule has 30 heavy (non-hydrogen) atoms. The van der Waals surface area contributed by atoms with Crippen LogP contribution in [0.4, 0.5) is 5.00 Å². The van der Waals surface area contributed by atoms with Gasteiger partial charge in [-0.3, -0.25) is 4.79 Å². The Morgan fingerprint density at radius 2 is 2.10 bits per heavy atom. The van der Waals surface area contributed by atoms with Crippen LogP contribution in [0.3, 0.4) is 0 Å². The van der Waals surface area contributed by atoms with Crippen molar-refractivity contribution in [3.63, 3.8) is 0 Å². The van der Waals surface area contributed by atoms with Crippen LogP contribution < -0.4 is 10.1 Å². The molecular formula is C22H22ClNO4S2. The van der Waals surface area contributed by atoms with Crippen LogP contribution in [-0.2, 0) is 17.6 Å². The fourth-order valence-corrected chi connectivity index (χ4v) is 6.52. The Bertz CT molecular complexity index is 1130. The number of anilines is 1. The van der Waals surface area contributed by atoms with E-state index in [4.69, 9.17) is 21.1 Å². The summed E-state index contributed by atoms with van der Waals surface area (Å²) in [6.07, 6.45) is 2.75. The van der Waals surface area contributed by atoms with E-state index in [2.05, 4.69) is 12.2 Å². The van der Waals surface area contributed by atoms with Gasteiger partial charge in [-0.05, 0) is 55.9 Å². The normalized spacial score (nSPS) is 15.7. The molecule has 3 aromatic rings. The molecule has 1 atom stereocenters. The lowest BCUT2D eigenvalue weighted by Gasteiger charge is -2.18. The second-order valence-corrected chi connectivity index (χ2v) is 9.87. The highest BCUT2D eigenvalue weighted by atomic mass is 35.5. The molecule has 1 aliphatic carbocycles. The number of rotatable bonds is 5. The summed E-state index contributed by atoms with van der Waals surface area (Å²) < 4.78 is 11.4. The number of halogens is 1. The van der Waals surface area contributed by atoms with Crippen LogP contribution in [0.2, 0.25) is 5.02 Å². The second-order valence-electron chi connectivity index (χ2n) is 7.34. The summed E-state index contributed by atoms with van der Waals surface area (Å²) in [5.74, 6) is 0.532. The molecule has 0 bridgehead atoms. The van der Waals surface area contributed by atoms with Gasteiger partial charge in [-0.25, -0.2) is 4.79 Å². The Morgan fingerprint density at radius 3 is 2.83 bits per heavy atom. The lowest BCUT2D eigenvalue weighted by atomic mass is 9.88. The average Bonchev–Trinajstić information content (AvgIpc) is 3.24. The number of carbonyl (C=O) groups is 2. The Morgan fingerprint density at radius 1 is 1.30 bits per heavy atom. The van der Waals surface area contributed by atoms with Crippen LogP contribution in [0.15, 0.2) is 18.2 Å². The predicted molar refractivity (Wildman–Crippen MR) is 123 cm³/mol. The van der Waals surface area contributed by atoms with Crippen molar-refractivity contribution in [1.82, 2.24) is 0 Å². The average molecular weight is 464 g/mol. The van der Waals surface area contributed by atoms with Crippen molar-refractivity contribution in [2.75, 3.05) is 19.0 Å². The number of esters is 1. The lowest BCUT2D eigenvalue weighted by Crippen LogP contribution is -2.16. The van der Waals surface area contributed by atoms with Crippen molar-refractivity contribution in [2.24, 2.45) is 5.92 Å². The van der Waals surface area contributed by atoms with E-state index in [0.29, 0.717) is 32.1 Å². The van der Waals surface area contributed by atoms with Crippen LogP contribution in [0.1, 0.15) is 50.7 Å². The van der Waals surface area contributed by atoms with E-state index in [1.54, 1.807) is 14.0 Å². The molecule has 2 heterocycles. The first kappa shape index (κ1) is 21.2. The van der Waals surface area contributed by atoms with Gasteiger partial charge in [0, 0.05) is 15.0 Å². The molecule has 5 nitrogen and oxygen atoms in total. The highest BCUT2D eigenvalue weighted by Gasteiger charge is 2.30. The van der Waals surface area contributed by atoms with Gasteiger partial charge in [0.1, 0.15) is 15.6 Å².